The summed E-state index contributed by atoms with van der Waals surface area (Å²) in [4.78, 5) is 13.4. The van der Waals surface area contributed by atoms with Crippen molar-refractivity contribution in [3.05, 3.63) is 62.6 Å². The molecule has 98 valence electrons. The minimum atomic E-state index is -0.401. The van der Waals surface area contributed by atoms with Crippen molar-refractivity contribution >= 4 is 17.7 Å². The third-order valence-electron chi connectivity index (χ3n) is 2.88. The molecule has 1 N–H and O–H groups in total. The molecule has 0 aliphatic rings. The van der Waals surface area contributed by atoms with Crippen LogP contribution in [-0.2, 0) is 0 Å². The Hall–Kier alpha value is -2.07. The van der Waals surface area contributed by atoms with Crippen LogP contribution in [0.5, 0.6) is 0 Å². The number of allylic oxidation sites excluding steroid dienone is 1. The van der Waals surface area contributed by atoms with Gasteiger partial charge in [-0.2, -0.15) is 0 Å². The van der Waals surface area contributed by atoms with E-state index < -0.39 is 4.92 Å². The van der Waals surface area contributed by atoms with Crippen molar-refractivity contribution < 1.29 is 4.92 Å². The fourth-order valence-electron chi connectivity index (χ4n) is 1.92. The molecular weight excluding hydrogens is 264 g/mol. The van der Waals surface area contributed by atoms with E-state index in [2.05, 4.69) is 4.98 Å². The minimum Gasteiger partial charge on any atom is -0.361 e. The third-order valence-corrected chi connectivity index (χ3v) is 3.13. The predicted molar refractivity (Wildman–Crippen MR) is 76.6 cm³/mol. The second-order valence-electron chi connectivity index (χ2n) is 4.31. The summed E-state index contributed by atoms with van der Waals surface area (Å²) in [5, 5.41) is 11.4. The standard InChI is InChI=1S/C14H13ClN2O2/c1-9-8-16-13(7-10(2)17(18)19)14(9)11-3-5-12(15)6-4-11/h3-8,16H,1-2H3/b10-7+. The van der Waals surface area contributed by atoms with E-state index in [0.717, 1.165) is 22.4 Å². The molecule has 0 aliphatic heterocycles. The van der Waals surface area contributed by atoms with Crippen molar-refractivity contribution in [3.63, 3.8) is 0 Å². The molecule has 0 amide bonds. The molecule has 0 unspecified atom stereocenters. The van der Waals surface area contributed by atoms with Gasteiger partial charge in [0.15, 0.2) is 0 Å². The highest BCUT2D eigenvalue weighted by Crippen LogP contribution is 2.29. The number of benzene rings is 1. The lowest BCUT2D eigenvalue weighted by molar-refractivity contribution is -0.422. The van der Waals surface area contributed by atoms with E-state index in [4.69, 9.17) is 11.6 Å². The zero-order chi connectivity index (χ0) is 14.0. The van der Waals surface area contributed by atoms with Gasteiger partial charge >= 0.3 is 0 Å². The maximum absolute atomic E-state index is 10.7. The summed E-state index contributed by atoms with van der Waals surface area (Å²) in [5.74, 6) is 0. The average Bonchev–Trinajstić information content (AvgIpc) is 2.72. The number of rotatable bonds is 3. The summed E-state index contributed by atoms with van der Waals surface area (Å²) < 4.78 is 0. The number of hydrogen-bond acceptors (Lipinski definition) is 2. The molecule has 0 aliphatic carbocycles. The van der Waals surface area contributed by atoms with Gasteiger partial charge < -0.3 is 4.98 Å². The normalized spacial score (nSPS) is 11.6. The van der Waals surface area contributed by atoms with E-state index in [9.17, 15) is 10.1 Å². The number of H-pyrrole nitrogens is 1. The summed E-state index contributed by atoms with van der Waals surface area (Å²) >= 11 is 5.87. The van der Waals surface area contributed by atoms with E-state index in [0.29, 0.717) is 5.02 Å². The molecule has 4 nitrogen and oxygen atoms in total. The van der Waals surface area contributed by atoms with Crippen LogP contribution >= 0.6 is 11.6 Å². The van der Waals surface area contributed by atoms with Crippen molar-refractivity contribution in [1.29, 1.82) is 0 Å². The molecule has 0 atom stereocenters. The van der Waals surface area contributed by atoms with Gasteiger partial charge in [0.1, 0.15) is 0 Å². The molecule has 0 radical (unpaired) electrons. The number of hydrogen-bond donors (Lipinski definition) is 1. The van der Waals surface area contributed by atoms with Crippen LogP contribution < -0.4 is 0 Å². The Bertz CT molecular complexity index is 642. The molecule has 0 saturated carbocycles. The molecule has 1 aromatic heterocycles. The van der Waals surface area contributed by atoms with Gasteiger partial charge in [-0.25, -0.2) is 0 Å². The van der Waals surface area contributed by atoms with Gasteiger partial charge in [0.05, 0.1) is 10.6 Å². The van der Waals surface area contributed by atoms with E-state index >= 15 is 0 Å². The summed E-state index contributed by atoms with van der Waals surface area (Å²) in [7, 11) is 0. The third kappa shape index (κ3) is 2.85. The van der Waals surface area contributed by atoms with Crippen molar-refractivity contribution in [2.45, 2.75) is 13.8 Å². The lowest BCUT2D eigenvalue weighted by Gasteiger charge is -2.03. The van der Waals surface area contributed by atoms with Crippen molar-refractivity contribution in [3.8, 4) is 11.1 Å². The summed E-state index contributed by atoms with van der Waals surface area (Å²) in [6.07, 6.45) is 3.37. The Kier molecular flexibility index (Phi) is 3.71. The fraction of sp³-hybridized carbons (Fsp3) is 0.143. The smallest absolute Gasteiger partial charge is 0.245 e. The maximum Gasteiger partial charge on any atom is 0.245 e. The Morgan fingerprint density at radius 2 is 2.00 bits per heavy atom. The summed E-state index contributed by atoms with van der Waals surface area (Å²) in [6.45, 7) is 3.43. The van der Waals surface area contributed by atoms with E-state index in [1.807, 2.05) is 25.3 Å². The maximum atomic E-state index is 10.7. The van der Waals surface area contributed by atoms with Gasteiger partial charge in [0.25, 0.3) is 0 Å². The van der Waals surface area contributed by atoms with Gasteiger partial charge in [-0.05, 0) is 30.2 Å². The lowest BCUT2D eigenvalue weighted by atomic mass is 10.0. The van der Waals surface area contributed by atoms with Crippen LogP contribution in [0.15, 0.2) is 36.2 Å². The first-order chi connectivity index (χ1) is 8.99. The largest absolute Gasteiger partial charge is 0.361 e. The lowest BCUT2D eigenvalue weighted by Crippen LogP contribution is -1.93. The quantitative estimate of drug-likeness (QED) is 0.672. The second kappa shape index (κ2) is 5.28. The number of nitrogens with one attached hydrogen (secondary N) is 1. The monoisotopic (exact) mass is 276 g/mol. The van der Waals surface area contributed by atoms with Gasteiger partial charge in [0, 0.05) is 29.8 Å². The van der Waals surface area contributed by atoms with Crippen LogP contribution in [-0.4, -0.2) is 9.91 Å². The number of nitro groups is 1. The summed E-state index contributed by atoms with van der Waals surface area (Å²) in [5.41, 5.74) is 3.79. The molecule has 5 heteroatoms. The average molecular weight is 277 g/mol. The second-order valence-corrected chi connectivity index (χ2v) is 4.75. The Morgan fingerprint density at radius 1 is 1.37 bits per heavy atom. The number of halogens is 1. The molecule has 19 heavy (non-hydrogen) atoms. The van der Waals surface area contributed by atoms with Crippen LogP contribution in [0.4, 0.5) is 0 Å². The zero-order valence-corrected chi connectivity index (χ0v) is 11.4. The van der Waals surface area contributed by atoms with E-state index in [1.54, 1.807) is 12.1 Å². The van der Waals surface area contributed by atoms with Gasteiger partial charge in [0.2, 0.25) is 5.70 Å². The van der Waals surface area contributed by atoms with Crippen molar-refractivity contribution in [2.75, 3.05) is 0 Å². The van der Waals surface area contributed by atoms with Gasteiger partial charge in [-0.1, -0.05) is 23.7 Å². The molecule has 0 fully saturated rings. The topological polar surface area (TPSA) is 58.9 Å². The SMILES string of the molecule is C/C(=C\c1[nH]cc(C)c1-c1ccc(Cl)cc1)[N+](=O)[O-]. The molecule has 2 rings (SSSR count). The van der Waals surface area contributed by atoms with Crippen LogP contribution in [0.3, 0.4) is 0 Å². The zero-order valence-electron chi connectivity index (χ0n) is 10.6. The number of nitrogens with zero attached hydrogens (tertiary/aromatic N) is 1. The first-order valence-corrected chi connectivity index (χ1v) is 6.13. The molecule has 2 aromatic rings. The number of aromatic amines is 1. The number of aryl methyl sites for hydroxylation is 1. The highest BCUT2D eigenvalue weighted by molar-refractivity contribution is 6.30. The van der Waals surface area contributed by atoms with Gasteiger partial charge in [-0.15, -0.1) is 0 Å². The van der Waals surface area contributed by atoms with Crippen LogP contribution in [0.25, 0.3) is 17.2 Å². The molecular formula is C14H13ClN2O2. The molecule has 0 bridgehead atoms. The highest BCUT2D eigenvalue weighted by atomic mass is 35.5. The first kappa shape index (κ1) is 13.4. The highest BCUT2D eigenvalue weighted by Gasteiger charge is 2.12. The van der Waals surface area contributed by atoms with E-state index in [-0.39, 0.29) is 5.70 Å². The fourth-order valence-corrected chi connectivity index (χ4v) is 2.04. The van der Waals surface area contributed by atoms with Crippen LogP contribution in [0, 0.1) is 17.0 Å². The first-order valence-electron chi connectivity index (χ1n) is 5.75. The summed E-state index contributed by atoms with van der Waals surface area (Å²) in [6, 6.07) is 7.41. The molecule has 1 aromatic carbocycles. The Morgan fingerprint density at radius 3 is 2.58 bits per heavy atom. The van der Waals surface area contributed by atoms with Crippen LogP contribution in [0.1, 0.15) is 18.2 Å². The van der Waals surface area contributed by atoms with Crippen LogP contribution in [0.2, 0.25) is 5.02 Å². The van der Waals surface area contributed by atoms with E-state index in [1.165, 1.54) is 13.0 Å². The number of aromatic nitrogens is 1. The Labute approximate surface area is 115 Å². The predicted octanol–water partition coefficient (Wildman–Crippen LogP) is 4.28. The minimum absolute atomic E-state index is 0.0945. The van der Waals surface area contributed by atoms with Crippen molar-refractivity contribution in [1.82, 2.24) is 4.98 Å². The molecule has 0 saturated heterocycles. The van der Waals surface area contributed by atoms with Crippen molar-refractivity contribution in [2.24, 2.45) is 0 Å². The van der Waals surface area contributed by atoms with Gasteiger partial charge in [-0.3, -0.25) is 10.1 Å². The molecule has 1 heterocycles. The Balaban J connectivity index is 2.52. The molecule has 0 spiro atoms.